The van der Waals surface area contributed by atoms with Crippen molar-refractivity contribution in [3.8, 4) is 0 Å². The average Bonchev–Trinajstić information content (AvgIpc) is 3.37. The van der Waals surface area contributed by atoms with Crippen molar-refractivity contribution in [3.63, 3.8) is 0 Å². The summed E-state index contributed by atoms with van der Waals surface area (Å²) in [5.74, 6) is 0.299. The Kier molecular flexibility index (Phi) is 7.37. The molecule has 3 aromatic heterocycles. The quantitative estimate of drug-likeness (QED) is 0.200. The summed E-state index contributed by atoms with van der Waals surface area (Å²) in [7, 11) is 1.54. The molecule has 3 aromatic rings. The minimum atomic E-state index is -0.616. The van der Waals surface area contributed by atoms with Gasteiger partial charge in [0, 0.05) is 19.8 Å². The van der Waals surface area contributed by atoms with Gasteiger partial charge in [-0.3, -0.25) is 24.5 Å². The number of unbranched alkanes of at least 4 members (excludes halogenated alkanes) is 4. The number of fused-ring (bicyclic) bond motifs is 1. The lowest BCUT2D eigenvalue weighted by Crippen LogP contribution is -2.29. The second kappa shape index (κ2) is 10.4. The molecule has 0 fully saturated rings. The highest BCUT2D eigenvalue weighted by atomic mass is 16.6. The molecule has 3 heterocycles. The van der Waals surface area contributed by atoms with Crippen LogP contribution in [0.3, 0.4) is 0 Å². The molecule has 0 saturated heterocycles. The number of hydrogen-bond acceptors (Lipinski definition) is 8. The van der Waals surface area contributed by atoms with Crippen molar-refractivity contribution < 1.29 is 9.34 Å². The van der Waals surface area contributed by atoms with Crippen LogP contribution in [0.1, 0.15) is 44.8 Å². The number of nitrogens with zero attached hydrogens (tertiary/aromatic N) is 5. The molecular formula is C20H25N7O5. The van der Waals surface area contributed by atoms with E-state index in [4.69, 9.17) is 4.42 Å². The number of aryl methyl sites for hydroxylation is 2. The molecule has 170 valence electrons. The zero-order valence-corrected chi connectivity index (χ0v) is 17.9. The van der Waals surface area contributed by atoms with E-state index < -0.39 is 16.2 Å². The lowest BCUT2D eigenvalue weighted by molar-refractivity contribution is -0.402. The molecule has 0 amide bonds. The van der Waals surface area contributed by atoms with Gasteiger partial charge in [0.1, 0.15) is 10.7 Å². The van der Waals surface area contributed by atoms with Gasteiger partial charge in [-0.15, -0.1) is 0 Å². The highest BCUT2D eigenvalue weighted by molar-refractivity contribution is 5.78. The van der Waals surface area contributed by atoms with Crippen LogP contribution in [0.2, 0.25) is 0 Å². The fourth-order valence-electron chi connectivity index (χ4n) is 3.22. The minimum absolute atomic E-state index is 0.267. The number of aromatic nitrogens is 4. The van der Waals surface area contributed by atoms with Gasteiger partial charge in [-0.1, -0.05) is 32.6 Å². The topological polar surface area (TPSA) is 153 Å². The van der Waals surface area contributed by atoms with Gasteiger partial charge in [0.25, 0.3) is 5.56 Å². The van der Waals surface area contributed by atoms with E-state index in [1.807, 2.05) is 0 Å². The molecule has 0 bridgehead atoms. The number of aromatic amines is 1. The summed E-state index contributed by atoms with van der Waals surface area (Å²) in [5, 5.41) is 14.7. The summed E-state index contributed by atoms with van der Waals surface area (Å²) in [6.07, 6.45) is 9.73. The smallest absolute Gasteiger partial charge is 0.401 e. The van der Waals surface area contributed by atoms with Crippen LogP contribution < -0.4 is 16.7 Å². The van der Waals surface area contributed by atoms with Crippen LogP contribution >= 0.6 is 0 Å². The van der Waals surface area contributed by atoms with Gasteiger partial charge in [-0.05, 0) is 24.6 Å². The monoisotopic (exact) mass is 443 g/mol. The molecule has 3 rings (SSSR count). The number of nitro groups is 1. The van der Waals surface area contributed by atoms with E-state index in [-0.39, 0.29) is 11.5 Å². The third-order valence-corrected chi connectivity index (χ3v) is 4.87. The largest absolute Gasteiger partial charge is 0.433 e. The molecule has 0 aromatic carbocycles. The Morgan fingerprint density at radius 2 is 2.06 bits per heavy atom. The summed E-state index contributed by atoms with van der Waals surface area (Å²) in [4.78, 5) is 41.1. The van der Waals surface area contributed by atoms with E-state index in [1.165, 1.54) is 42.1 Å². The zero-order valence-electron chi connectivity index (χ0n) is 17.9. The summed E-state index contributed by atoms with van der Waals surface area (Å²) < 4.78 is 8.02. The van der Waals surface area contributed by atoms with Crippen molar-refractivity contribution >= 4 is 35.3 Å². The molecule has 0 radical (unpaired) electrons. The van der Waals surface area contributed by atoms with E-state index in [9.17, 15) is 19.7 Å². The Hall–Kier alpha value is -3.96. The molecule has 32 heavy (non-hydrogen) atoms. The van der Waals surface area contributed by atoms with Crippen molar-refractivity contribution in [3.05, 3.63) is 54.9 Å². The van der Waals surface area contributed by atoms with Gasteiger partial charge in [-0.2, -0.15) is 10.1 Å². The Labute approximate surface area is 182 Å². The minimum Gasteiger partial charge on any atom is -0.401 e. The lowest BCUT2D eigenvalue weighted by atomic mass is 10.1. The van der Waals surface area contributed by atoms with Crippen LogP contribution in [-0.4, -0.2) is 30.2 Å². The average molecular weight is 443 g/mol. The molecule has 0 aliphatic carbocycles. The summed E-state index contributed by atoms with van der Waals surface area (Å²) >= 11 is 0. The molecule has 0 aliphatic rings. The third-order valence-electron chi connectivity index (χ3n) is 4.87. The lowest BCUT2D eigenvalue weighted by Gasteiger charge is -2.07. The molecule has 12 nitrogen and oxygen atoms in total. The number of imidazole rings is 1. The van der Waals surface area contributed by atoms with Crippen molar-refractivity contribution in [2.24, 2.45) is 12.1 Å². The SMILES string of the molecule is CCCCCCCn1c(N/N=C/C=C/c2ccc([N+](=O)[O-])o2)nc2c1c(=O)[nH]c(=O)n2C. The van der Waals surface area contributed by atoms with Gasteiger partial charge in [-0.25, -0.2) is 10.2 Å². The molecule has 2 N–H and O–H groups in total. The van der Waals surface area contributed by atoms with Gasteiger partial charge in [0.05, 0.1) is 6.07 Å². The maximum absolute atomic E-state index is 12.4. The molecule has 0 atom stereocenters. The third kappa shape index (κ3) is 5.20. The van der Waals surface area contributed by atoms with Crippen molar-refractivity contribution in [2.45, 2.75) is 45.6 Å². The van der Waals surface area contributed by atoms with Crippen LogP contribution in [0.25, 0.3) is 17.2 Å². The number of nitrogens with one attached hydrogen (secondary N) is 2. The van der Waals surface area contributed by atoms with Crippen LogP contribution in [0.4, 0.5) is 11.8 Å². The number of rotatable bonds is 11. The standard InChI is InChI=1S/C20H25N7O5/c1-3-4-5-6-7-13-26-16-17(25(2)20(29)23-18(16)28)22-19(26)24-21-12-8-9-14-10-11-15(32-14)27(30)31/h8-12H,3-7,13H2,1-2H3,(H,22,24)(H,23,28,29)/b9-8+,21-12+. The van der Waals surface area contributed by atoms with Gasteiger partial charge in [0.15, 0.2) is 11.2 Å². The highest BCUT2D eigenvalue weighted by Crippen LogP contribution is 2.18. The van der Waals surface area contributed by atoms with Crippen LogP contribution in [0.15, 0.2) is 37.3 Å². The highest BCUT2D eigenvalue weighted by Gasteiger charge is 2.16. The van der Waals surface area contributed by atoms with Crippen LogP contribution in [-0.2, 0) is 13.6 Å². The fraction of sp³-hybridized carbons (Fsp3) is 0.400. The first-order valence-corrected chi connectivity index (χ1v) is 10.3. The van der Waals surface area contributed by atoms with Gasteiger partial charge >= 0.3 is 11.6 Å². The van der Waals surface area contributed by atoms with E-state index in [1.54, 1.807) is 4.57 Å². The fourth-order valence-corrected chi connectivity index (χ4v) is 3.22. The number of hydrogen-bond donors (Lipinski definition) is 2. The number of anilines is 1. The summed E-state index contributed by atoms with van der Waals surface area (Å²) in [5.41, 5.74) is 2.33. The molecule has 0 spiro atoms. The number of furan rings is 1. The zero-order chi connectivity index (χ0) is 23.1. The van der Waals surface area contributed by atoms with Gasteiger partial charge in [0.2, 0.25) is 5.95 Å². The Balaban J connectivity index is 1.79. The van der Waals surface area contributed by atoms with Crippen molar-refractivity contribution in [2.75, 3.05) is 5.43 Å². The molecule has 0 aliphatic heterocycles. The van der Waals surface area contributed by atoms with E-state index in [0.29, 0.717) is 23.8 Å². The van der Waals surface area contributed by atoms with Gasteiger partial charge < -0.3 is 8.98 Å². The Morgan fingerprint density at radius 1 is 1.28 bits per heavy atom. The summed E-state index contributed by atoms with van der Waals surface area (Å²) in [6, 6.07) is 2.74. The Morgan fingerprint density at radius 3 is 2.78 bits per heavy atom. The predicted octanol–water partition coefficient (Wildman–Crippen LogP) is 3.01. The van der Waals surface area contributed by atoms with E-state index in [2.05, 4.69) is 27.4 Å². The van der Waals surface area contributed by atoms with Crippen LogP contribution in [0, 0.1) is 10.1 Å². The van der Waals surface area contributed by atoms with E-state index in [0.717, 1.165) is 32.1 Å². The van der Waals surface area contributed by atoms with Crippen LogP contribution in [0.5, 0.6) is 0 Å². The maximum Gasteiger partial charge on any atom is 0.433 e. The van der Waals surface area contributed by atoms with Crippen molar-refractivity contribution in [1.29, 1.82) is 0 Å². The second-order valence-corrected chi connectivity index (χ2v) is 7.17. The molecule has 0 unspecified atom stereocenters. The van der Waals surface area contributed by atoms with Crippen molar-refractivity contribution in [1.82, 2.24) is 19.1 Å². The number of hydrazone groups is 1. The Bertz CT molecular complexity index is 1260. The number of allylic oxidation sites excluding steroid dienone is 1. The van der Waals surface area contributed by atoms with E-state index >= 15 is 0 Å². The maximum atomic E-state index is 12.4. The molecular weight excluding hydrogens is 418 g/mol. The first-order chi connectivity index (χ1) is 15.4. The normalized spacial score (nSPS) is 11.8. The molecule has 12 heteroatoms. The summed E-state index contributed by atoms with van der Waals surface area (Å²) in [6.45, 7) is 2.69. The molecule has 0 saturated carbocycles. The first kappa shape index (κ1) is 22.7. The second-order valence-electron chi connectivity index (χ2n) is 7.17. The first-order valence-electron chi connectivity index (χ1n) is 10.3. The predicted molar refractivity (Wildman–Crippen MR) is 121 cm³/mol. The number of H-pyrrole nitrogens is 1.